The zero-order chi connectivity index (χ0) is 48.3. The van der Waals surface area contributed by atoms with E-state index in [1.54, 1.807) is 61.2 Å². The average Bonchev–Trinajstić information content (AvgIpc) is 4.25. The molecule has 2 unspecified atom stereocenters. The molecule has 0 radical (unpaired) electrons. The minimum atomic E-state index is -0.348. The summed E-state index contributed by atoms with van der Waals surface area (Å²) in [7, 11) is 1.79. The van der Waals surface area contributed by atoms with Crippen LogP contribution in [0.2, 0.25) is 0 Å². The molecule has 0 aliphatic carbocycles. The summed E-state index contributed by atoms with van der Waals surface area (Å²) >= 11 is 5.71. The van der Waals surface area contributed by atoms with E-state index in [4.69, 9.17) is 9.72 Å². The van der Waals surface area contributed by atoms with Crippen molar-refractivity contribution < 1.29 is 23.9 Å². The molecule has 0 bridgehead atoms. The zero-order valence-corrected chi connectivity index (χ0v) is 41.4. The monoisotopic (exact) mass is 1010 g/mol. The van der Waals surface area contributed by atoms with Gasteiger partial charge in [0.05, 0.1) is 39.4 Å². The van der Waals surface area contributed by atoms with Gasteiger partial charge < -0.3 is 26.0 Å². The van der Waals surface area contributed by atoms with Crippen molar-refractivity contribution in [1.82, 2.24) is 45.7 Å². The van der Waals surface area contributed by atoms with Crippen molar-refractivity contribution in [1.29, 1.82) is 0 Å². The Morgan fingerprint density at radius 1 is 0.700 bits per heavy atom. The topological polar surface area (TPSA) is 195 Å². The van der Waals surface area contributed by atoms with E-state index in [0.717, 1.165) is 58.1 Å². The van der Waals surface area contributed by atoms with Crippen LogP contribution < -0.4 is 21.3 Å². The Labute approximate surface area is 418 Å². The van der Waals surface area contributed by atoms with Gasteiger partial charge in [0.25, 0.3) is 23.6 Å². The Hall–Kier alpha value is -7.03. The number of pyridine rings is 2. The molecule has 2 aromatic carbocycles. The summed E-state index contributed by atoms with van der Waals surface area (Å²) < 4.78 is 7.83. The number of thiazole rings is 2. The fraction of sp³-hybridized carbons (Fsp3) is 0.235. The van der Waals surface area contributed by atoms with Crippen LogP contribution in [0.4, 0.5) is 5.69 Å². The highest BCUT2D eigenvalue weighted by Crippen LogP contribution is 2.36. The van der Waals surface area contributed by atoms with Crippen LogP contribution in [0.25, 0.3) is 42.7 Å². The summed E-state index contributed by atoms with van der Waals surface area (Å²) in [5.74, 6) is -0.735. The number of nitrogens with zero attached hydrogens (tertiary/aromatic N) is 6. The highest BCUT2D eigenvalue weighted by atomic mass is 32.1. The largest absolute Gasteiger partial charge is 0.372 e. The second-order valence-corrected chi connectivity index (χ2v) is 20.9. The van der Waals surface area contributed by atoms with Crippen LogP contribution >= 0.6 is 45.3 Å². The summed E-state index contributed by atoms with van der Waals surface area (Å²) in [5, 5.41) is 25.6. The standard InChI is InChI=1S/C51H46N10O5S4/c1-4-38(59-46(62)29-6-8-31-20-52-12-10-28(31)14-29)44-23-54-50(69-44)34-17-42(67-26-34)48(64)57-36-11-13-66-41(19-36)40-16-33-15-30(7-9-32(33)21-53-40)47(63)60-39(5-2)45-24-55-51(70-45)35-18-43(68-27-35)49(65)58-37-22-56-61(3)25-37/h6-10,12,14-18,20-27,36,38-39,41H,4-5,11,13,19H2,1-3H3,(H,57,64)(H,58,65)(H,59,62)(H,60,63)/t36?,38-,39-,41?/m1/s1. The number of benzene rings is 2. The van der Waals surface area contributed by atoms with Crippen LogP contribution in [0, 0.1) is 0 Å². The van der Waals surface area contributed by atoms with Gasteiger partial charge in [-0.05, 0) is 85.0 Å². The van der Waals surface area contributed by atoms with E-state index in [9.17, 15) is 19.2 Å². The maximum atomic E-state index is 13.7. The van der Waals surface area contributed by atoms with Crippen molar-refractivity contribution in [2.45, 2.75) is 63.8 Å². The molecule has 7 aromatic heterocycles. The lowest BCUT2D eigenvalue weighted by Crippen LogP contribution is -2.39. The fourth-order valence-electron chi connectivity index (χ4n) is 8.30. The predicted octanol–water partition coefficient (Wildman–Crippen LogP) is 10.6. The molecule has 354 valence electrons. The van der Waals surface area contributed by atoms with Crippen LogP contribution in [0.5, 0.6) is 0 Å². The number of hydrogen-bond acceptors (Lipinski definition) is 14. The minimum Gasteiger partial charge on any atom is -0.372 e. The first-order valence-corrected chi connectivity index (χ1v) is 26.1. The molecule has 8 heterocycles. The van der Waals surface area contributed by atoms with E-state index in [-0.39, 0.29) is 47.9 Å². The van der Waals surface area contributed by atoms with Crippen molar-refractivity contribution in [3.05, 3.63) is 151 Å². The Bertz CT molecular complexity index is 3390. The van der Waals surface area contributed by atoms with Crippen LogP contribution in [-0.2, 0) is 11.8 Å². The molecule has 10 rings (SSSR count). The molecule has 0 saturated carbocycles. The molecule has 1 aliphatic heterocycles. The zero-order valence-electron chi connectivity index (χ0n) is 38.2. The number of aryl methyl sites for hydroxylation is 1. The number of fused-ring (bicyclic) bond motifs is 2. The molecule has 9 aromatic rings. The van der Waals surface area contributed by atoms with Crippen molar-refractivity contribution in [2.24, 2.45) is 7.05 Å². The van der Waals surface area contributed by atoms with Gasteiger partial charge in [0, 0.05) is 110 Å². The molecule has 70 heavy (non-hydrogen) atoms. The number of thiophene rings is 2. The van der Waals surface area contributed by atoms with Gasteiger partial charge in [-0.15, -0.1) is 45.3 Å². The first-order chi connectivity index (χ1) is 34.1. The lowest BCUT2D eigenvalue weighted by molar-refractivity contribution is -0.00140. The molecule has 4 N–H and O–H groups in total. The SMILES string of the molecule is CC[C@@H](NC(=O)c1ccc2cnc(C3CC(NC(=O)c4cc(-c5ncc([C@@H](CC)NC(=O)c6ccc7cnccc7c6)s5)cs4)CCO3)cc2c1)c1cnc(-c2csc(C(=O)Nc3cnn(C)c3)c2)s1. The van der Waals surface area contributed by atoms with Crippen LogP contribution in [-0.4, -0.2) is 66.0 Å². The summed E-state index contributed by atoms with van der Waals surface area (Å²) in [6, 6.07) is 18.1. The summed E-state index contributed by atoms with van der Waals surface area (Å²) in [4.78, 5) is 74.7. The van der Waals surface area contributed by atoms with Gasteiger partial charge in [0.15, 0.2) is 0 Å². The first kappa shape index (κ1) is 46.7. The molecule has 4 atom stereocenters. The van der Waals surface area contributed by atoms with E-state index < -0.39 is 0 Å². The number of nitrogens with one attached hydrogen (secondary N) is 4. The molecule has 0 spiro atoms. The molecule has 1 fully saturated rings. The van der Waals surface area contributed by atoms with Gasteiger partial charge >= 0.3 is 0 Å². The van der Waals surface area contributed by atoms with Gasteiger partial charge in [0.2, 0.25) is 0 Å². The van der Waals surface area contributed by atoms with Crippen LogP contribution in [0.1, 0.15) is 113 Å². The quantitative estimate of drug-likeness (QED) is 0.0767. The number of rotatable bonds is 15. The minimum absolute atomic E-state index is 0.136. The van der Waals surface area contributed by atoms with Crippen molar-refractivity contribution >= 4 is 96.2 Å². The smallest absolute Gasteiger partial charge is 0.265 e. The summed E-state index contributed by atoms with van der Waals surface area (Å²) in [6.45, 7) is 4.50. The molecular formula is C51H46N10O5S4. The number of carbonyl (C=O) groups is 4. The molecule has 15 nitrogen and oxygen atoms in total. The normalized spacial score (nSPS) is 15.6. The van der Waals surface area contributed by atoms with E-state index in [0.29, 0.717) is 58.9 Å². The van der Waals surface area contributed by atoms with Gasteiger partial charge in [-0.1, -0.05) is 26.0 Å². The third-order valence-corrected chi connectivity index (χ3v) is 16.3. The number of ether oxygens (including phenoxy) is 1. The van der Waals surface area contributed by atoms with Gasteiger partial charge in [0.1, 0.15) is 16.1 Å². The second kappa shape index (κ2) is 20.5. The number of hydrogen-bond donors (Lipinski definition) is 4. The first-order valence-electron chi connectivity index (χ1n) is 22.7. The second-order valence-electron chi connectivity index (χ2n) is 16.9. The van der Waals surface area contributed by atoms with Gasteiger partial charge in [-0.3, -0.25) is 33.8 Å². The van der Waals surface area contributed by atoms with E-state index in [1.807, 2.05) is 79.2 Å². The average molecular weight is 1010 g/mol. The van der Waals surface area contributed by atoms with Crippen molar-refractivity contribution in [3.8, 4) is 21.1 Å². The van der Waals surface area contributed by atoms with E-state index in [2.05, 4.69) is 41.3 Å². The van der Waals surface area contributed by atoms with Gasteiger partial charge in [-0.2, -0.15) is 5.10 Å². The summed E-state index contributed by atoms with van der Waals surface area (Å²) in [5.41, 5.74) is 4.14. The van der Waals surface area contributed by atoms with E-state index >= 15 is 0 Å². The fourth-order valence-corrected chi connectivity index (χ4v) is 12.1. The lowest BCUT2D eigenvalue weighted by atomic mass is 9.98. The van der Waals surface area contributed by atoms with Crippen molar-refractivity contribution in [3.63, 3.8) is 0 Å². The summed E-state index contributed by atoms with van der Waals surface area (Å²) in [6.07, 6.45) is 14.4. The van der Waals surface area contributed by atoms with E-state index in [1.165, 1.54) is 45.3 Å². The molecule has 1 aliphatic rings. The number of aromatic nitrogens is 6. The maximum absolute atomic E-state index is 13.7. The third-order valence-electron chi connectivity index (χ3n) is 12.1. The van der Waals surface area contributed by atoms with Crippen molar-refractivity contribution in [2.75, 3.05) is 11.9 Å². The molecule has 1 saturated heterocycles. The molecular weight excluding hydrogens is 961 g/mol. The third kappa shape index (κ3) is 10.3. The number of anilines is 1. The number of carbonyl (C=O) groups excluding carboxylic acids is 4. The Morgan fingerprint density at radius 3 is 1.96 bits per heavy atom. The highest BCUT2D eigenvalue weighted by Gasteiger charge is 2.28. The predicted molar refractivity (Wildman–Crippen MR) is 276 cm³/mol. The number of amides is 4. The Kier molecular flexibility index (Phi) is 13.7. The Balaban J connectivity index is 0.744. The molecule has 4 amide bonds. The lowest BCUT2D eigenvalue weighted by Gasteiger charge is -2.29. The van der Waals surface area contributed by atoms with Crippen LogP contribution in [0.3, 0.4) is 0 Å². The highest BCUT2D eigenvalue weighted by molar-refractivity contribution is 7.17. The maximum Gasteiger partial charge on any atom is 0.265 e. The molecule has 19 heteroatoms. The van der Waals surface area contributed by atoms with Crippen LogP contribution in [0.15, 0.2) is 115 Å². The van der Waals surface area contributed by atoms with Gasteiger partial charge in [-0.25, -0.2) is 9.97 Å². The Morgan fingerprint density at radius 2 is 1.33 bits per heavy atom.